The number of carbonyl (C=O) groups is 1. The Morgan fingerprint density at radius 1 is 1.03 bits per heavy atom. The van der Waals surface area contributed by atoms with Crippen molar-refractivity contribution in [1.82, 2.24) is 9.78 Å². The highest BCUT2D eigenvalue weighted by molar-refractivity contribution is 5.90. The van der Waals surface area contributed by atoms with Gasteiger partial charge in [-0.1, -0.05) is 49.4 Å². The van der Waals surface area contributed by atoms with Crippen molar-refractivity contribution in [2.75, 3.05) is 6.61 Å². The number of aromatic nitrogens is 2. The molecule has 0 aliphatic rings. The molecule has 32 heavy (non-hydrogen) atoms. The molecule has 0 bridgehead atoms. The quantitative estimate of drug-likeness (QED) is 0.378. The van der Waals surface area contributed by atoms with E-state index in [-0.39, 0.29) is 11.4 Å². The smallest absolute Gasteiger partial charge is 0.335 e. The third-order valence-corrected chi connectivity index (χ3v) is 5.04. The topological polar surface area (TPSA) is 64.3 Å². The Morgan fingerprint density at radius 3 is 2.56 bits per heavy atom. The molecule has 0 fully saturated rings. The van der Waals surface area contributed by atoms with E-state index in [0.29, 0.717) is 35.7 Å². The van der Waals surface area contributed by atoms with E-state index in [1.165, 1.54) is 18.2 Å². The van der Waals surface area contributed by atoms with Crippen LogP contribution >= 0.6 is 0 Å². The normalized spacial score (nSPS) is 10.8. The molecule has 1 heterocycles. The van der Waals surface area contributed by atoms with Crippen LogP contribution in [0.5, 0.6) is 5.75 Å². The molecule has 1 N–H and O–H groups in total. The van der Waals surface area contributed by atoms with Crippen molar-refractivity contribution in [2.24, 2.45) is 0 Å². The molecule has 0 spiro atoms. The minimum absolute atomic E-state index is 0.147. The van der Waals surface area contributed by atoms with Crippen molar-refractivity contribution in [1.29, 1.82) is 0 Å². The lowest BCUT2D eigenvalue weighted by Gasteiger charge is -2.10. The number of carboxylic acid groups (broad SMARTS) is 1. The van der Waals surface area contributed by atoms with Gasteiger partial charge in [0.15, 0.2) is 0 Å². The van der Waals surface area contributed by atoms with Gasteiger partial charge >= 0.3 is 5.97 Å². The van der Waals surface area contributed by atoms with Gasteiger partial charge < -0.3 is 9.84 Å². The lowest BCUT2D eigenvalue weighted by Crippen LogP contribution is -2.04. The molecule has 162 valence electrons. The second-order valence-electron chi connectivity index (χ2n) is 7.43. The number of aromatic carboxylic acids is 1. The van der Waals surface area contributed by atoms with Gasteiger partial charge in [-0.2, -0.15) is 5.10 Å². The Kier molecular flexibility index (Phi) is 6.31. The SMILES string of the molecule is CCCOc1ccc(C(=O)O)cc1-c1cc(-c2cccc(F)c2)n(Cc2ccccc2)n1. The van der Waals surface area contributed by atoms with Gasteiger partial charge in [-0.25, -0.2) is 9.18 Å². The summed E-state index contributed by atoms with van der Waals surface area (Å²) < 4.78 is 21.6. The van der Waals surface area contributed by atoms with E-state index in [9.17, 15) is 14.3 Å². The first kappa shape index (κ1) is 21.3. The standard InChI is InChI=1S/C26H23FN2O3/c1-2-13-32-25-12-11-20(26(30)31)15-22(25)23-16-24(19-9-6-10-21(27)14-19)29(28-23)17-18-7-4-3-5-8-18/h3-12,14-16H,2,13,17H2,1H3,(H,30,31). The Hall–Kier alpha value is -3.93. The van der Waals surface area contributed by atoms with Crippen molar-refractivity contribution in [3.63, 3.8) is 0 Å². The molecule has 0 amide bonds. The number of rotatable bonds is 8. The number of hydrogen-bond acceptors (Lipinski definition) is 3. The number of benzene rings is 3. The monoisotopic (exact) mass is 430 g/mol. The van der Waals surface area contributed by atoms with Crippen LogP contribution in [0.3, 0.4) is 0 Å². The maximum atomic E-state index is 14.0. The van der Waals surface area contributed by atoms with Crippen LogP contribution in [-0.2, 0) is 6.54 Å². The van der Waals surface area contributed by atoms with Crippen molar-refractivity contribution in [3.8, 4) is 28.3 Å². The summed E-state index contributed by atoms with van der Waals surface area (Å²) in [7, 11) is 0. The van der Waals surface area contributed by atoms with Gasteiger partial charge in [0, 0.05) is 11.1 Å². The first-order chi connectivity index (χ1) is 15.5. The summed E-state index contributed by atoms with van der Waals surface area (Å²) in [5.41, 5.74) is 3.75. The van der Waals surface area contributed by atoms with Gasteiger partial charge in [-0.05, 0) is 48.4 Å². The fourth-order valence-corrected chi connectivity index (χ4v) is 3.51. The van der Waals surface area contributed by atoms with Crippen LogP contribution in [0.1, 0.15) is 29.3 Å². The average Bonchev–Trinajstić information content (AvgIpc) is 3.21. The van der Waals surface area contributed by atoms with Gasteiger partial charge in [-0.15, -0.1) is 0 Å². The molecule has 4 aromatic rings. The largest absolute Gasteiger partial charge is 0.493 e. The van der Waals surface area contributed by atoms with E-state index in [4.69, 9.17) is 9.84 Å². The van der Waals surface area contributed by atoms with Crippen LogP contribution in [0.4, 0.5) is 4.39 Å². The molecule has 6 heteroatoms. The van der Waals surface area contributed by atoms with E-state index in [1.807, 2.05) is 49.4 Å². The highest BCUT2D eigenvalue weighted by Gasteiger charge is 2.18. The summed E-state index contributed by atoms with van der Waals surface area (Å²) in [4.78, 5) is 11.6. The maximum Gasteiger partial charge on any atom is 0.335 e. The molecular weight excluding hydrogens is 407 g/mol. The Bertz CT molecular complexity index is 1240. The fraction of sp³-hybridized carbons (Fsp3) is 0.154. The van der Waals surface area contributed by atoms with Gasteiger partial charge in [0.05, 0.1) is 30.1 Å². The number of ether oxygens (including phenoxy) is 1. The van der Waals surface area contributed by atoms with E-state index in [2.05, 4.69) is 0 Å². The van der Waals surface area contributed by atoms with Crippen LogP contribution < -0.4 is 4.74 Å². The van der Waals surface area contributed by atoms with E-state index < -0.39 is 5.97 Å². The van der Waals surface area contributed by atoms with Crippen LogP contribution in [0.15, 0.2) is 78.9 Å². The van der Waals surface area contributed by atoms with Crippen molar-refractivity contribution in [3.05, 3.63) is 95.8 Å². The molecule has 3 aromatic carbocycles. The number of nitrogens with zero attached hydrogens (tertiary/aromatic N) is 2. The summed E-state index contributed by atoms with van der Waals surface area (Å²) in [5, 5.41) is 14.3. The Labute approximate surface area is 185 Å². The minimum Gasteiger partial charge on any atom is -0.493 e. The van der Waals surface area contributed by atoms with Crippen molar-refractivity contribution >= 4 is 5.97 Å². The van der Waals surface area contributed by atoms with E-state index in [0.717, 1.165) is 17.7 Å². The molecule has 0 aliphatic heterocycles. The molecule has 0 atom stereocenters. The summed E-state index contributed by atoms with van der Waals surface area (Å²) in [6, 6.07) is 22.8. The predicted octanol–water partition coefficient (Wildman–Crippen LogP) is 5.89. The van der Waals surface area contributed by atoms with Crippen molar-refractivity contribution in [2.45, 2.75) is 19.9 Å². The Morgan fingerprint density at radius 2 is 1.84 bits per heavy atom. The fourth-order valence-electron chi connectivity index (χ4n) is 3.51. The summed E-state index contributed by atoms with van der Waals surface area (Å²) >= 11 is 0. The molecule has 0 unspecified atom stereocenters. The van der Waals surface area contributed by atoms with Crippen LogP contribution in [0.2, 0.25) is 0 Å². The maximum absolute atomic E-state index is 14.0. The lowest BCUT2D eigenvalue weighted by molar-refractivity contribution is 0.0697. The molecule has 0 aliphatic carbocycles. The zero-order valence-corrected chi connectivity index (χ0v) is 17.7. The molecular formula is C26H23FN2O3. The molecule has 4 rings (SSSR count). The molecule has 1 aromatic heterocycles. The zero-order valence-electron chi connectivity index (χ0n) is 17.7. The molecule has 5 nitrogen and oxygen atoms in total. The lowest BCUT2D eigenvalue weighted by atomic mass is 10.0. The number of hydrogen-bond donors (Lipinski definition) is 1. The summed E-state index contributed by atoms with van der Waals surface area (Å²) in [6.45, 7) is 2.99. The van der Waals surface area contributed by atoms with Gasteiger partial charge in [0.25, 0.3) is 0 Å². The van der Waals surface area contributed by atoms with Crippen molar-refractivity contribution < 1.29 is 19.0 Å². The summed E-state index contributed by atoms with van der Waals surface area (Å²) in [6.07, 6.45) is 0.817. The highest BCUT2D eigenvalue weighted by atomic mass is 19.1. The number of halogens is 1. The molecule has 0 saturated heterocycles. The Balaban J connectivity index is 1.85. The second kappa shape index (κ2) is 9.47. The van der Waals surface area contributed by atoms with Crippen LogP contribution in [-0.4, -0.2) is 27.5 Å². The third-order valence-electron chi connectivity index (χ3n) is 5.04. The van der Waals surface area contributed by atoms with Crippen LogP contribution in [0.25, 0.3) is 22.5 Å². The minimum atomic E-state index is -1.03. The molecule has 0 radical (unpaired) electrons. The van der Waals surface area contributed by atoms with Gasteiger partial charge in [0.1, 0.15) is 11.6 Å². The van der Waals surface area contributed by atoms with Gasteiger partial charge in [0.2, 0.25) is 0 Å². The second-order valence-corrected chi connectivity index (χ2v) is 7.43. The van der Waals surface area contributed by atoms with Crippen LogP contribution in [0, 0.1) is 5.82 Å². The number of carboxylic acids is 1. The first-order valence-electron chi connectivity index (χ1n) is 10.4. The van der Waals surface area contributed by atoms with E-state index >= 15 is 0 Å². The predicted molar refractivity (Wildman–Crippen MR) is 121 cm³/mol. The first-order valence-corrected chi connectivity index (χ1v) is 10.4. The third kappa shape index (κ3) is 4.70. The van der Waals surface area contributed by atoms with Gasteiger partial charge in [-0.3, -0.25) is 4.68 Å². The van der Waals surface area contributed by atoms with E-state index in [1.54, 1.807) is 22.9 Å². The average molecular weight is 430 g/mol. The summed E-state index contributed by atoms with van der Waals surface area (Å²) in [5.74, 6) is -0.800. The molecule has 0 saturated carbocycles. The zero-order chi connectivity index (χ0) is 22.5. The highest BCUT2D eigenvalue weighted by Crippen LogP contribution is 2.34.